The van der Waals surface area contributed by atoms with Crippen molar-refractivity contribution in [1.82, 2.24) is 4.90 Å². The highest BCUT2D eigenvalue weighted by atomic mass is 32.1. The molecule has 1 aromatic rings. The summed E-state index contributed by atoms with van der Waals surface area (Å²) in [5, 5.41) is 0. The highest BCUT2D eigenvalue weighted by Gasteiger charge is 2.28. The molecule has 18 heavy (non-hydrogen) atoms. The van der Waals surface area contributed by atoms with Crippen LogP contribution in [0.3, 0.4) is 0 Å². The van der Waals surface area contributed by atoms with E-state index in [0.717, 1.165) is 25.3 Å². The molecule has 0 aromatic heterocycles. The zero-order chi connectivity index (χ0) is 13.0. The molecule has 0 aliphatic heterocycles. The molecule has 1 aliphatic carbocycles. The minimum Gasteiger partial charge on any atom is -0.389 e. The number of hydrogen-bond acceptors (Lipinski definition) is 3. The van der Waals surface area contributed by atoms with Gasteiger partial charge in [0.15, 0.2) is 0 Å². The lowest BCUT2D eigenvalue weighted by atomic mass is 10.1. The molecular weight excluding hydrogens is 244 g/mol. The van der Waals surface area contributed by atoms with Crippen molar-refractivity contribution in [2.45, 2.75) is 25.4 Å². The highest BCUT2D eigenvalue weighted by Crippen LogP contribution is 2.28. The first-order valence-electron chi connectivity index (χ1n) is 6.33. The zero-order valence-electron chi connectivity index (χ0n) is 10.8. The van der Waals surface area contributed by atoms with Gasteiger partial charge < -0.3 is 10.5 Å². The lowest BCUT2D eigenvalue weighted by Gasteiger charge is -2.22. The summed E-state index contributed by atoms with van der Waals surface area (Å²) in [6.07, 6.45) is 2.58. The second-order valence-corrected chi connectivity index (χ2v) is 5.16. The first-order valence-corrected chi connectivity index (χ1v) is 6.74. The zero-order valence-corrected chi connectivity index (χ0v) is 11.6. The maximum absolute atomic E-state index is 5.77. The third kappa shape index (κ3) is 3.51. The lowest BCUT2D eigenvalue weighted by molar-refractivity contribution is 0.139. The van der Waals surface area contributed by atoms with E-state index in [1.54, 1.807) is 7.11 Å². The van der Waals surface area contributed by atoms with E-state index in [1.807, 2.05) is 18.2 Å². The van der Waals surface area contributed by atoms with Crippen molar-refractivity contribution in [2.75, 3.05) is 20.3 Å². The summed E-state index contributed by atoms with van der Waals surface area (Å²) in [6.45, 7) is 2.64. The molecule has 4 heteroatoms. The van der Waals surface area contributed by atoms with Crippen LogP contribution in [0, 0.1) is 0 Å². The van der Waals surface area contributed by atoms with Gasteiger partial charge in [-0.05, 0) is 18.4 Å². The Balaban J connectivity index is 2.08. The normalized spacial score (nSPS) is 15.0. The molecule has 0 amide bonds. The van der Waals surface area contributed by atoms with Crippen LogP contribution in [0.4, 0.5) is 0 Å². The predicted octanol–water partition coefficient (Wildman–Crippen LogP) is 1.93. The first kappa shape index (κ1) is 13.5. The van der Waals surface area contributed by atoms with Crippen LogP contribution in [0.1, 0.15) is 24.0 Å². The monoisotopic (exact) mass is 264 g/mol. The van der Waals surface area contributed by atoms with Crippen molar-refractivity contribution in [2.24, 2.45) is 5.73 Å². The van der Waals surface area contributed by atoms with E-state index in [9.17, 15) is 0 Å². The van der Waals surface area contributed by atoms with Gasteiger partial charge in [0.1, 0.15) is 4.99 Å². The fourth-order valence-corrected chi connectivity index (χ4v) is 2.36. The molecule has 1 saturated carbocycles. The first-order chi connectivity index (χ1) is 8.72. The molecule has 2 rings (SSSR count). The van der Waals surface area contributed by atoms with Crippen LogP contribution >= 0.6 is 12.2 Å². The largest absolute Gasteiger partial charge is 0.389 e. The van der Waals surface area contributed by atoms with E-state index in [4.69, 9.17) is 22.7 Å². The number of benzene rings is 1. The van der Waals surface area contributed by atoms with Crippen molar-refractivity contribution in [1.29, 1.82) is 0 Å². The molecule has 1 aliphatic rings. The van der Waals surface area contributed by atoms with Crippen LogP contribution in [0.25, 0.3) is 0 Å². The maximum Gasteiger partial charge on any atom is 0.104 e. The van der Waals surface area contributed by atoms with Gasteiger partial charge in [-0.25, -0.2) is 0 Å². The summed E-state index contributed by atoms with van der Waals surface area (Å²) in [7, 11) is 1.74. The summed E-state index contributed by atoms with van der Waals surface area (Å²) >= 11 is 5.11. The van der Waals surface area contributed by atoms with Crippen LogP contribution in [0.15, 0.2) is 24.3 Å². The van der Waals surface area contributed by atoms with Gasteiger partial charge >= 0.3 is 0 Å². The number of ether oxygens (including phenoxy) is 1. The van der Waals surface area contributed by atoms with Gasteiger partial charge in [-0.3, -0.25) is 4.90 Å². The van der Waals surface area contributed by atoms with Gasteiger partial charge in [0.25, 0.3) is 0 Å². The standard InChI is InChI=1S/C14H20N2OS/c1-17-9-8-16(12-6-7-12)10-11-4-2-3-5-13(11)14(15)18/h2-5,12H,6-10H2,1H3,(H2,15,18). The molecule has 98 valence electrons. The average molecular weight is 264 g/mol. The number of rotatable bonds is 7. The summed E-state index contributed by atoms with van der Waals surface area (Å²) in [4.78, 5) is 2.94. The van der Waals surface area contributed by atoms with Crippen LogP contribution in [0.2, 0.25) is 0 Å². The Hall–Kier alpha value is -0.970. The van der Waals surface area contributed by atoms with Crippen LogP contribution < -0.4 is 5.73 Å². The third-order valence-corrected chi connectivity index (χ3v) is 3.52. The Labute approximate surface area is 114 Å². The molecular formula is C14H20N2OS. The molecule has 3 nitrogen and oxygen atoms in total. The van der Waals surface area contributed by atoms with Gasteiger partial charge in [0, 0.05) is 31.8 Å². The predicted molar refractivity (Wildman–Crippen MR) is 77.6 cm³/mol. The van der Waals surface area contributed by atoms with Crippen LogP contribution in [0.5, 0.6) is 0 Å². The number of methoxy groups -OCH3 is 1. The molecule has 0 heterocycles. The summed E-state index contributed by atoms with van der Waals surface area (Å²) in [5.41, 5.74) is 7.98. The van der Waals surface area contributed by atoms with E-state index in [-0.39, 0.29) is 0 Å². The van der Waals surface area contributed by atoms with Crippen molar-refractivity contribution in [3.8, 4) is 0 Å². The van der Waals surface area contributed by atoms with E-state index in [0.29, 0.717) is 11.0 Å². The fraction of sp³-hybridized carbons (Fsp3) is 0.500. The number of thiocarbonyl (C=S) groups is 1. The molecule has 1 aromatic carbocycles. The summed E-state index contributed by atoms with van der Waals surface area (Å²) in [5.74, 6) is 0. The summed E-state index contributed by atoms with van der Waals surface area (Å²) in [6, 6.07) is 8.84. The fourth-order valence-electron chi connectivity index (χ4n) is 2.16. The van der Waals surface area contributed by atoms with Crippen LogP contribution in [-0.2, 0) is 11.3 Å². The molecule has 0 radical (unpaired) electrons. The van der Waals surface area contributed by atoms with Crippen molar-refractivity contribution >= 4 is 17.2 Å². The molecule has 0 unspecified atom stereocenters. The van der Waals surface area contributed by atoms with Gasteiger partial charge in [0.05, 0.1) is 6.61 Å². The average Bonchev–Trinajstić information content (AvgIpc) is 3.19. The molecule has 0 saturated heterocycles. The highest BCUT2D eigenvalue weighted by molar-refractivity contribution is 7.80. The van der Waals surface area contributed by atoms with E-state index in [2.05, 4.69) is 11.0 Å². The van der Waals surface area contributed by atoms with E-state index < -0.39 is 0 Å². The number of hydrogen-bond donors (Lipinski definition) is 1. The van der Waals surface area contributed by atoms with E-state index in [1.165, 1.54) is 18.4 Å². The SMILES string of the molecule is COCCN(Cc1ccccc1C(N)=S)C1CC1. The van der Waals surface area contributed by atoms with E-state index >= 15 is 0 Å². The second-order valence-electron chi connectivity index (χ2n) is 4.72. The molecule has 1 fully saturated rings. The lowest BCUT2D eigenvalue weighted by Crippen LogP contribution is -2.30. The second kappa shape index (κ2) is 6.27. The van der Waals surface area contributed by atoms with Gasteiger partial charge in [-0.2, -0.15) is 0 Å². The Bertz CT molecular complexity index is 418. The number of nitrogens with two attached hydrogens (primary N) is 1. The summed E-state index contributed by atoms with van der Waals surface area (Å²) < 4.78 is 5.17. The van der Waals surface area contributed by atoms with Gasteiger partial charge in [-0.15, -0.1) is 0 Å². The van der Waals surface area contributed by atoms with Gasteiger partial charge in [0.2, 0.25) is 0 Å². The Kier molecular flexibility index (Phi) is 4.69. The Morgan fingerprint density at radius 2 is 2.17 bits per heavy atom. The van der Waals surface area contributed by atoms with Crippen molar-refractivity contribution < 1.29 is 4.74 Å². The van der Waals surface area contributed by atoms with Crippen LogP contribution in [-0.4, -0.2) is 36.2 Å². The topological polar surface area (TPSA) is 38.5 Å². The van der Waals surface area contributed by atoms with Crippen molar-refractivity contribution in [3.05, 3.63) is 35.4 Å². The number of nitrogens with zero attached hydrogens (tertiary/aromatic N) is 1. The Morgan fingerprint density at radius 1 is 1.44 bits per heavy atom. The molecule has 0 bridgehead atoms. The Morgan fingerprint density at radius 3 is 2.78 bits per heavy atom. The molecule has 2 N–H and O–H groups in total. The quantitative estimate of drug-likeness (QED) is 0.764. The molecule has 0 spiro atoms. The van der Waals surface area contributed by atoms with Crippen molar-refractivity contribution in [3.63, 3.8) is 0 Å². The smallest absolute Gasteiger partial charge is 0.104 e. The minimum absolute atomic E-state index is 0.480. The maximum atomic E-state index is 5.77. The molecule has 0 atom stereocenters. The third-order valence-electron chi connectivity index (χ3n) is 3.30. The minimum atomic E-state index is 0.480. The van der Waals surface area contributed by atoms with Gasteiger partial charge in [-0.1, -0.05) is 36.5 Å².